The molecule has 0 radical (unpaired) electrons. The molecule has 0 aliphatic rings. The normalized spacial score (nSPS) is 10.1. The second-order valence-corrected chi connectivity index (χ2v) is 4.61. The summed E-state index contributed by atoms with van der Waals surface area (Å²) in [6.07, 6.45) is 0. The van der Waals surface area contributed by atoms with Crippen LogP contribution in [0.15, 0.2) is 34.8 Å². The van der Waals surface area contributed by atoms with Crippen molar-refractivity contribution in [3.8, 4) is 0 Å². The lowest BCUT2D eigenvalue weighted by atomic mass is 10.2. The van der Waals surface area contributed by atoms with E-state index in [-0.39, 0.29) is 5.56 Å². The number of carboxylic acids is 1. The fourth-order valence-corrected chi connectivity index (χ4v) is 1.85. The number of hydrogen-bond donors (Lipinski definition) is 2. The summed E-state index contributed by atoms with van der Waals surface area (Å²) in [5.41, 5.74) is 0.895. The number of aromatic nitrogens is 2. The lowest BCUT2D eigenvalue weighted by molar-refractivity contribution is 0.0697. The van der Waals surface area contributed by atoms with Crippen molar-refractivity contribution in [2.24, 2.45) is 0 Å². The second-order valence-electron chi connectivity index (χ2n) is 3.37. The van der Waals surface area contributed by atoms with Crippen LogP contribution in [0.5, 0.6) is 0 Å². The Kier molecular flexibility index (Phi) is 3.78. The number of carboxylic acid groups (broad SMARTS) is 1. The summed E-state index contributed by atoms with van der Waals surface area (Å²) in [6, 6.07) is 7.93. The Morgan fingerprint density at radius 2 is 2.06 bits per heavy atom. The zero-order valence-electron chi connectivity index (χ0n) is 8.89. The molecule has 5 nitrogen and oxygen atoms in total. The Labute approximate surface area is 116 Å². The van der Waals surface area contributed by atoms with Gasteiger partial charge < -0.3 is 10.4 Å². The number of hydrogen-bond acceptors (Lipinski definition) is 4. The van der Waals surface area contributed by atoms with Gasteiger partial charge in [0.1, 0.15) is 0 Å². The zero-order chi connectivity index (χ0) is 13.1. The molecule has 0 amide bonds. The number of anilines is 2. The third-order valence-electron chi connectivity index (χ3n) is 2.11. The van der Waals surface area contributed by atoms with E-state index in [1.165, 1.54) is 12.1 Å². The number of carbonyl (C=O) groups is 1. The molecule has 1 aromatic carbocycles. The average Bonchev–Trinajstić information content (AvgIpc) is 2.34. The standard InChI is InChI=1S/C11H7BrClN3O2/c12-7-5-6(11(17)18)1-2-8(7)14-10-4-3-9(13)15-16-10/h1-5H,(H,14,16)(H,17,18). The number of benzene rings is 1. The second kappa shape index (κ2) is 5.32. The third kappa shape index (κ3) is 2.96. The van der Waals surface area contributed by atoms with E-state index in [9.17, 15) is 4.79 Å². The number of rotatable bonds is 3. The van der Waals surface area contributed by atoms with Gasteiger partial charge in [-0.05, 0) is 46.3 Å². The molecule has 0 aliphatic heterocycles. The first kappa shape index (κ1) is 12.8. The number of nitrogens with zero attached hydrogens (tertiary/aromatic N) is 2. The Morgan fingerprint density at radius 1 is 1.28 bits per heavy atom. The molecule has 1 heterocycles. The van der Waals surface area contributed by atoms with Gasteiger partial charge in [-0.25, -0.2) is 4.79 Å². The molecule has 0 bridgehead atoms. The maximum Gasteiger partial charge on any atom is 0.335 e. The molecule has 7 heteroatoms. The minimum atomic E-state index is -0.978. The van der Waals surface area contributed by atoms with E-state index in [2.05, 4.69) is 31.4 Å². The largest absolute Gasteiger partial charge is 0.478 e. The first-order chi connectivity index (χ1) is 8.56. The first-order valence-electron chi connectivity index (χ1n) is 4.85. The van der Waals surface area contributed by atoms with Crippen LogP contribution < -0.4 is 5.32 Å². The molecule has 0 atom stereocenters. The van der Waals surface area contributed by atoms with Crippen LogP contribution in [0.25, 0.3) is 0 Å². The minimum absolute atomic E-state index is 0.203. The highest BCUT2D eigenvalue weighted by molar-refractivity contribution is 9.10. The fourth-order valence-electron chi connectivity index (χ4n) is 1.27. The monoisotopic (exact) mass is 327 g/mol. The van der Waals surface area contributed by atoms with E-state index in [0.29, 0.717) is 21.1 Å². The molecule has 1 aromatic heterocycles. The van der Waals surface area contributed by atoms with Gasteiger partial charge in [0.15, 0.2) is 11.0 Å². The van der Waals surface area contributed by atoms with Crippen LogP contribution in [0.2, 0.25) is 5.15 Å². The Balaban J connectivity index is 2.24. The minimum Gasteiger partial charge on any atom is -0.478 e. The smallest absolute Gasteiger partial charge is 0.335 e. The summed E-state index contributed by atoms with van der Waals surface area (Å²) in [5, 5.41) is 19.7. The zero-order valence-corrected chi connectivity index (χ0v) is 11.2. The van der Waals surface area contributed by atoms with Gasteiger partial charge >= 0.3 is 5.97 Å². The molecule has 0 spiro atoms. The summed E-state index contributed by atoms with van der Waals surface area (Å²) in [4.78, 5) is 10.8. The Bertz CT molecular complexity index is 589. The first-order valence-corrected chi connectivity index (χ1v) is 6.02. The van der Waals surface area contributed by atoms with Crippen LogP contribution >= 0.6 is 27.5 Å². The maximum atomic E-state index is 10.8. The van der Waals surface area contributed by atoms with Crippen molar-refractivity contribution >= 4 is 45.0 Å². The lowest BCUT2D eigenvalue weighted by Crippen LogP contribution is -1.99. The molecule has 0 saturated carbocycles. The molecule has 2 N–H and O–H groups in total. The maximum absolute atomic E-state index is 10.8. The van der Waals surface area contributed by atoms with Crippen molar-refractivity contribution < 1.29 is 9.90 Å². The molecule has 0 saturated heterocycles. The summed E-state index contributed by atoms with van der Waals surface area (Å²) >= 11 is 8.91. The summed E-state index contributed by atoms with van der Waals surface area (Å²) in [5.74, 6) is -0.461. The quantitative estimate of drug-likeness (QED) is 0.904. The van der Waals surface area contributed by atoms with Crippen molar-refractivity contribution in [2.75, 3.05) is 5.32 Å². The van der Waals surface area contributed by atoms with Crippen LogP contribution in [0.1, 0.15) is 10.4 Å². The van der Waals surface area contributed by atoms with Crippen LogP contribution in [0.3, 0.4) is 0 Å². The Hall–Kier alpha value is -1.66. The molecular weight excluding hydrogens is 321 g/mol. The average molecular weight is 329 g/mol. The number of aromatic carboxylic acids is 1. The van der Waals surface area contributed by atoms with Gasteiger partial charge in [-0.1, -0.05) is 11.6 Å². The van der Waals surface area contributed by atoms with Gasteiger partial charge in [-0.3, -0.25) is 0 Å². The lowest BCUT2D eigenvalue weighted by Gasteiger charge is -2.07. The summed E-state index contributed by atoms with van der Waals surface area (Å²) < 4.78 is 0.624. The van der Waals surface area contributed by atoms with Crippen molar-refractivity contribution in [2.45, 2.75) is 0 Å². The topological polar surface area (TPSA) is 75.1 Å². The van der Waals surface area contributed by atoms with Gasteiger partial charge in [0.05, 0.1) is 11.3 Å². The predicted molar refractivity (Wildman–Crippen MR) is 71.4 cm³/mol. The molecule has 2 rings (SSSR count). The highest BCUT2D eigenvalue weighted by atomic mass is 79.9. The van der Waals surface area contributed by atoms with Crippen LogP contribution in [-0.4, -0.2) is 21.3 Å². The molecule has 92 valence electrons. The fraction of sp³-hybridized carbons (Fsp3) is 0. The molecule has 0 aliphatic carbocycles. The third-order valence-corrected chi connectivity index (χ3v) is 2.97. The molecule has 2 aromatic rings. The van der Waals surface area contributed by atoms with Crippen LogP contribution in [0.4, 0.5) is 11.5 Å². The summed E-state index contributed by atoms with van der Waals surface area (Å²) in [6.45, 7) is 0. The predicted octanol–water partition coefficient (Wildman–Crippen LogP) is 3.33. The Morgan fingerprint density at radius 3 is 2.61 bits per heavy atom. The highest BCUT2D eigenvalue weighted by Crippen LogP contribution is 2.26. The van der Waals surface area contributed by atoms with E-state index in [0.717, 1.165) is 0 Å². The van der Waals surface area contributed by atoms with E-state index in [1.54, 1.807) is 18.2 Å². The van der Waals surface area contributed by atoms with Gasteiger partial charge in [-0.2, -0.15) is 0 Å². The van der Waals surface area contributed by atoms with E-state index >= 15 is 0 Å². The highest BCUT2D eigenvalue weighted by Gasteiger charge is 2.07. The van der Waals surface area contributed by atoms with Crippen LogP contribution in [-0.2, 0) is 0 Å². The van der Waals surface area contributed by atoms with Gasteiger partial charge in [-0.15, -0.1) is 10.2 Å². The van der Waals surface area contributed by atoms with Crippen molar-refractivity contribution in [1.29, 1.82) is 0 Å². The number of nitrogens with one attached hydrogen (secondary N) is 1. The van der Waals surface area contributed by atoms with Gasteiger partial charge in [0.25, 0.3) is 0 Å². The molecular formula is C11H7BrClN3O2. The van der Waals surface area contributed by atoms with E-state index < -0.39 is 5.97 Å². The van der Waals surface area contributed by atoms with Crippen LogP contribution in [0, 0.1) is 0 Å². The van der Waals surface area contributed by atoms with Crippen molar-refractivity contribution in [3.63, 3.8) is 0 Å². The number of halogens is 2. The van der Waals surface area contributed by atoms with Crippen molar-refractivity contribution in [1.82, 2.24) is 10.2 Å². The van der Waals surface area contributed by atoms with Gasteiger partial charge in [0, 0.05) is 4.47 Å². The SMILES string of the molecule is O=C(O)c1ccc(Nc2ccc(Cl)nn2)c(Br)c1. The van der Waals surface area contributed by atoms with E-state index in [1.807, 2.05) is 0 Å². The van der Waals surface area contributed by atoms with Crippen molar-refractivity contribution in [3.05, 3.63) is 45.5 Å². The van der Waals surface area contributed by atoms with E-state index in [4.69, 9.17) is 16.7 Å². The summed E-state index contributed by atoms with van der Waals surface area (Å²) in [7, 11) is 0. The molecule has 0 unspecified atom stereocenters. The molecule has 0 fully saturated rings. The van der Waals surface area contributed by atoms with Gasteiger partial charge in [0.2, 0.25) is 0 Å². The molecule has 18 heavy (non-hydrogen) atoms.